The minimum atomic E-state index is 0.852. The molecule has 1 saturated heterocycles. The second-order valence-corrected chi connectivity index (χ2v) is 8.45. The normalized spacial score (nSPS) is 19.6. The maximum atomic E-state index is 4.93. The number of rotatable bonds is 2. The lowest BCUT2D eigenvalue weighted by molar-refractivity contribution is 0.436. The van der Waals surface area contributed by atoms with Crippen LogP contribution in [0.15, 0.2) is 5.16 Å². The molecule has 1 aliphatic carbocycles. The number of thiophene rings is 1. The van der Waals surface area contributed by atoms with Crippen LogP contribution in [0.25, 0.3) is 10.2 Å². The zero-order chi connectivity index (χ0) is 15.1. The Morgan fingerprint density at radius 3 is 2.68 bits per heavy atom. The lowest BCUT2D eigenvalue weighted by atomic mass is 9.96. The first-order valence-corrected chi connectivity index (χ1v) is 10.4. The third-order valence-corrected chi connectivity index (χ3v) is 6.77. The first-order chi connectivity index (χ1) is 10.8. The van der Waals surface area contributed by atoms with Crippen LogP contribution in [0.3, 0.4) is 0 Å². The molecule has 3 heterocycles. The molecule has 4 rings (SSSR count). The van der Waals surface area contributed by atoms with E-state index in [1.54, 1.807) is 22.2 Å². The molecule has 0 unspecified atom stereocenters. The molecule has 2 aromatic heterocycles. The van der Waals surface area contributed by atoms with E-state index in [0.29, 0.717) is 0 Å². The quantitative estimate of drug-likeness (QED) is 0.596. The highest BCUT2D eigenvalue weighted by Gasteiger charge is 2.25. The van der Waals surface area contributed by atoms with Crippen molar-refractivity contribution in [2.45, 2.75) is 50.6 Å². The number of fused-ring (bicyclic) bond motifs is 3. The van der Waals surface area contributed by atoms with E-state index < -0.39 is 0 Å². The number of anilines is 1. The molecule has 0 spiro atoms. The smallest absolute Gasteiger partial charge is 0.190 e. The monoisotopic (exact) mass is 333 g/mol. The molecule has 1 aliphatic heterocycles. The third kappa shape index (κ3) is 2.52. The Balaban J connectivity index is 1.85. The lowest BCUT2D eigenvalue weighted by Gasteiger charge is -2.32. The maximum Gasteiger partial charge on any atom is 0.190 e. The van der Waals surface area contributed by atoms with Gasteiger partial charge in [-0.2, -0.15) is 0 Å². The van der Waals surface area contributed by atoms with Crippen molar-refractivity contribution >= 4 is 39.1 Å². The average Bonchev–Trinajstić information content (AvgIpc) is 2.93. The van der Waals surface area contributed by atoms with E-state index in [4.69, 9.17) is 9.97 Å². The fourth-order valence-corrected chi connectivity index (χ4v) is 5.33. The molecule has 0 saturated carbocycles. The van der Waals surface area contributed by atoms with Gasteiger partial charge in [0.1, 0.15) is 10.6 Å². The number of hydrogen-bond donors (Lipinski definition) is 0. The topological polar surface area (TPSA) is 29.0 Å². The van der Waals surface area contributed by atoms with Crippen LogP contribution in [0.4, 0.5) is 5.82 Å². The fourth-order valence-electron chi connectivity index (χ4n) is 3.66. The van der Waals surface area contributed by atoms with Crippen LogP contribution in [0, 0.1) is 5.92 Å². The molecule has 2 aliphatic rings. The summed E-state index contributed by atoms with van der Waals surface area (Å²) in [5.41, 5.74) is 1.56. The molecule has 3 nitrogen and oxygen atoms in total. The minimum Gasteiger partial charge on any atom is -0.356 e. The highest BCUT2D eigenvalue weighted by Crippen LogP contribution is 2.41. The number of piperidine rings is 1. The summed E-state index contributed by atoms with van der Waals surface area (Å²) in [6.07, 6.45) is 9.75. The van der Waals surface area contributed by atoms with E-state index >= 15 is 0 Å². The number of thioether (sulfide) groups is 1. The molecule has 0 N–H and O–H groups in total. The molecule has 0 radical (unpaired) electrons. The van der Waals surface area contributed by atoms with E-state index in [0.717, 1.165) is 24.2 Å². The van der Waals surface area contributed by atoms with E-state index in [-0.39, 0.29) is 0 Å². The van der Waals surface area contributed by atoms with Gasteiger partial charge in [0.25, 0.3) is 0 Å². The largest absolute Gasteiger partial charge is 0.356 e. The molecule has 0 atom stereocenters. The van der Waals surface area contributed by atoms with Crippen molar-refractivity contribution in [3.63, 3.8) is 0 Å². The molecular formula is C17H23N3S2. The molecular weight excluding hydrogens is 310 g/mol. The molecule has 1 fully saturated rings. The molecule has 0 amide bonds. The summed E-state index contributed by atoms with van der Waals surface area (Å²) in [5, 5.41) is 2.31. The Morgan fingerprint density at radius 2 is 1.91 bits per heavy atom. The van der Waals surface area contributed by atoms with Gasteiger partial charge in [-0.05, 0) is 56.3 Å². The second kappa shape index (κ2) is 6.00. The highest BCUT2D eigenvalue weighted by atomic mass is 32.2. The summed E-state index contributed by atoms with van der Waals surface area (Å²) >= 11 is 3.58. The maximum absolute atomic E-state index is 4.93. The number of aryl methyl sites for hydroxylation is 2. The van der Waals surface area contributed by atoms with Gasteiger partial charge < -0.3 is 4.90 Å². The van der Waals surface area contributed by atoms with Gasteiger partial charge in [-0.15, -0.1) is 11.3 Å². The fraction of sp³-hybridized carbons (Fsp3) is 0.647. The van der Waals surface area contributed by atoms with Crippen molar-refractivity contribution < 1.29 is 0 Å². The van der Waals surface area contributed by atoms with Crippen molar-refractivity contribution in [3.05, 3.63) is 10.4 Å². The third-order valence-electron chi connectivity index (χ3n) is 5.04. The van der Waals surface area contributed by atoms with E-state index in [1.807, 2.05) is 11.3 Å². The summed E-state index contributed by atoms with van der Waals surface area (Å²) in [7, 11) is 0. The average molecular weight is 334 g/mol. The van der Waals surface area contributed by atoms with Gasteiger partial charge in [-0.25, -0.2) is 9.97 Å². The summed E-state index contributed by atoms with van der Waals surface area (Å²) in [6.45, 7) is 4.66. The van der Waals surface area contributed by atoms with Crippen LogP contribution in [0.5, 0.6) is 0 Å². The number of hydrogen-bond acceptors (Lipinski definition) is 5. The van der Waals surface area contributed by atoms with Gasteiger partial charge in [-0.1, -0.05) is 18.7 Å². The summed E-state index contributed by atoms with van der Waals surface area (Å²) in [5.74, 6) is 2.07. The first-order valence-electron chi connectivity index (χ1n) is 8.37. The lowest BCUT2D eigenvalue weighted by Crippen LogP contribution is -2.33. The predicted octanol–water partition coefficient (Wildman–Crippen LogP) is 4.53. The first kappa shape index (κ1) is 14.8. The molecule has 118 valence electrons. The van der Waals surface area contributed by atoms with Crippen LogP contribution >= 0.6 is 23.1 Å². The van der Waals surface area contributed by atoms with E-state index in [2.05, 4.69) is 18.1 Å². The SMILES string of the molecule is CSc1nc(N2CCC(C)CC2)c2c3c(sc2n1)CCCC3. The number of aromatic nitrogens is 2. The summed E-state index contributed by atoms with van der Waals surface area (Å²) < 4.78 is 0. The predicted molar refractivity (Wildman–Crippen MR) is 96.4 cm³/mol. The van der Waals surface area contributed by atoms with Crippen molar-refractivity contribution in [1.29, 1.82) is 0 Å². The molecule has 5 heteroatoms. The van der Waals surface area contributed by atoms with Crippen LogP contribution in [-0.2, 0) is 12.8 Å². The van der Waals surface area contributed by atoms with Gasteiger partial charge in [-0.3, -0.25) is 0 Å². The van der Waals surface area contributed by atoms with Gasteiger partial charge in [0.2, 0.25) is 0 Å². The zero-order valence-electron chi connectivity index (χ0n) is 13.4. The van der Waals surface area contributed by atoms with Gasteiger partial charge in [0.15, 0.2) is 5.16 Å². The van der Waals surface area contributed by atoms with Gasteiger partial charge in [0.05, 0.1) is 5.39 Å². The molecule has 0 bridgehead atoms. The van der Waals surface area contributed by atoms with E-state index in [9.17, 15) is 0 Å². The Morgan fingerprint density at radius 1 is 1.14 bits per heavy atom. The van der Waals surface area contributed by atoms with Crippen molar-refractivity contribution in [1.82, 2.24) is 9.97 Å². The van der Waals surface area contributed by atoms with Crippen LogP contribution < -0.4 is 4.90 Å². The summed E-state index contributed by atoms with van der Waals surface area (Å²) in [6, 6.07) is 0. The van der Waals surface area contributed by atoms with Crippen molar-refractivity contribution in [2.24, 2.45) is 5.92 Å². The Kier molecular flexibility index (Phi) is 4.03. The summed E-state index contributed by atoms with van der Waals surface area (Å²) in [4.78, 5) is 15.1. The van der Waals surface area contributed by atoms with Crippen LogP contribution in [-0.4, -0.2) is 29.3 Å². The van der Waals surface area contributed by atoms with E-state index in [1.165, 1.54) is 54.6 Å². The van der Waals surface area contributed by atoms with Crippen LogP contribution in [0.1, 0.15) is 43.0 Å². The van der Waals surface area contributed by atoms with Crippen LogP contribution in [0.2, 0.25) is 0 Å². The number of nitrogens with zero attached hydrogens (tertiary/aromatic N) is 3. The standard InChI is InChI=1S/C17H23N3S2/c1-11-7-9-20(10-8-11)15-14-12-5-3-4-6-13(12)22-16(14)19-17(18-15)21-2/h11H,3-10H2,1-2H3. The Bertz CT molecular complexity index is 687. The zero-order valence-corrected chi connectivity index (χ0v) is 15.0. The molecule has 0 aromatic carbocycles. The minimum absolute atomic E-state index is 0.852. The van der Waals surface area contributed by atoms with Crippen molar-refractivity contribution in [3.8, 4) is 0 Å². The van der Waals surface area contributed by atoms with Crippen molar-refractivity contribution in [2.75, 3.05) is 24.2 Å². The highest BCUT2D eigenvalue weighted by molar-refractivity contribution is 7.98. The second-order valence-electron chi connectivity index (χ2n) is 6.59. The van der Waals surface area contributed by atoms with Gasteiger partial charge in [0, 0.05) is 18.0 Å². The van der Waals surface area contributed by atoms with Gasteiger partial charge >= 0.3 is 0 Å². The Labute approximate surface area is 140 Å². The molecule has 2 aromatic rings. The molecule has 22 heavy (non-hydrogen) atoms. The Hall–Kier alpha value is -0.810.